The quantitative estimate of drug-likeness (QED) is 0.574. The molecular formula is C17H22O2Si. The fraction of sp³-hybridized carbons (Fsp3) is 0.294. The number of ether oxygens (including phenoxy) is 1. The lowest BCUT2D eigenvalue weighted by atomic mass is 10.2. The first-order valence-electron chi connectivity index (χ1n) is 7.04. The molecule has 0 aliphatic carbocycles. The summed E-state index contributed by atoms with van der Waals surface area (Å²) in [4.78, 5) is 0. The van der Waals surface area contributed by atoms with Gasteiger partial charge in [-0.3, -0.25) is 0 Å². The number of hydrogen-bond donors (Lipinski definition) is 0. The van der Waals surface area contributed by atoms with Crippen LogP contribution in [0.4, 0.5) is 0 Å². The highest BCUT2D eigenvalue weighted by Crippen LogP contribution is 2.11. The first-order chi connectivity index (χ1) is 9.78. The zero-order chi connectivity index (χ0) is 14.2. The van der Waals surface area contributed by atoms with Crippen LogP contribution in [0.25, 0.3) is 0 Å². The largest absolute Gasteiger partial charge is 0.395 e. The lowest BCUT2D eigenvalue weighted by Gasteiger charge is -2.21. The van der Waals surface area contributed by atoms with E-state index in [9.17, 15) is 0 Å². The van der Waals surface area contributed by atoms with Crippen molar-refractivity contribution < 1.29 is 9.16 Å². The Kier molecular flexibility index (Phi) is 5.99. The fourth-order valence-corrected chi connectivity index (χ4v) is 4.83. The zero-order valence-corrected chi connectivity index (χ0v) is 13.3. The van der Waals surface area contributed by atoms with Gasteiger partial charge in [0.2, 0.25) is 0 Å². The first kappa shape index (κ1) is 15.0. The Balaban J connectivity index is 2.04. The molecule has 2 aromatic carbocycles. The molecule has 0 aliphatic rings. The predicted molar refractivity (Wildman–Crippen MR) is 85.0 cm³/mol. The van der Waals surface area contributed by atoms with Crippen molar-refractivity contribution >= 4 is 9.04 Å². The second-order valence-corrected chi connectivity index (χ2v) is 7.27. The number of hydrogen-bond acceptors (Lipinski definition) is 2. The third kappa shape index (κ3) is 4.93. The normalized spacial score (nSPS) is 12.6. The number of benzene rings is 2. The van der Waals surface area contributed by atoms with Crippen LogP contribution in [0, 0.1) is 0 Å². The van der Waals surface area contributed by atoms with E-state index in [1.54, 1.807) is 7.11 Å². The molecule has 0 spiro atoms. The first-order valence-corrected chi connectivity index (χ1v) is 9.14. The summed E-state index contributed by atoms with van der Waals surface area (Å²) in [5.41, 5.74) is 2.70. The van der Waals surface area contributed by atoms with Crippen molar-refractivity contribution in [2.24, 2.45) is 0 Å². The SMILES string of the molecule is COC(C)O[SiH](Cc1ccccc1)Cc1ccccc1. The van der Waals surface area contributed by atoms with Gasteiger partial charge >= 0.3 is 0 Å². The van der Waals surface area contributed by atoms with E-state index in [4.69, 9.17) is 9.16 Å². The van der Waals surface area contributed by atoms with Crippen molar-refractivity contribution in [2.45, 2.75) is 25.3 Å². The van der Waals surface area contributed by atoms with Gasteiger partial charge in [0.1, 0.15) is 6.29 Å². The van der Waals surface area contributed by atoms with E-state index < -0.39 is 9.04 Å². The third-order valence-electron chi connectivity index (χ3n) is 3.33. The average Bonchev–Trinajstić information content (AvgIpc) is 2.49. The van der Waals surface area contributed by atoms with Gasteiger partial charge in [-0.25, -0.2) is 0 Å². The summed E-state index contributed by atoms with van der Waals surface area (Å²) >= 11 is 0. The molecule has 0 fully saturated rings. The monoisotopic (exact) mass is 286 g/mol. The van der Waals surface area contributed by atoms with Crippen LogP contribution < -0.4 is 0 Å². The van der Waals surface area contributed by atoms with E-state index in [-0.39, 0.29) is 6.29 Å². The van der Waals surface area contributed by atoms with Gasteiger partial charge in [0.05, 0.1) is 0 Å². The molecular weight excluding hydrogens is 264 g/mol. The van der Waals surface area contributed by atoms with Crippen LogP contribution in [0.2, 0.25) is 0 Å². The molecule has 1 unspecified atom stereocenters. The van der Waals surface area contributed by atoms with E-state index in [0.29, 0.717) is 0 Å². The Morgan fingerprint density at radius 1 is 0.850 bits per heavy atom. The molecule has 0 radical (unpaired) electrons. The maximum Gasteiger partial charge on any atom is 0.189 e. The van der Waals surface area contributed by atoms with E-state index in [0.717, 1.165) is 12.1 Å². The van der Waals surface area contributed by atoms with Gasteiger partial charge in [-0.05, 0) is 30.1 Å². The van der Waals surface area contributed by atoms with E-state index in [2.05, 4.69) is 60.7 Å². The number of methoxy groups -OCH3 is 1. The van der Waals surface area contributed by atoms with Gasteiger partial charge in [-0.15, -0.1) is 0 Å². The highest BCUT2D eigenvalue weighted by Gasteiger charge is 2.17. The Morgan fingerprint density at radius 2 is 1.30 bits per heavy atom. The molecule has 2 nitrogen and oxygen atoms in total. The molecule has 0 bridgehead atoms. The van der Waals surface area contributed by atoms with Crippen molar-refractivity contribution in [1.82, 2.24) is 0 Å². The van der Waals surface area contributed by atoms with Crippen LogP contribution >= 0.6 is 0 Å². The minimum absolute atomic E-state index is 0.126. The lowest BCUT2D eigenvalue weighted by Crippen LogP contribution is -2.30. The van der Waals surface area contributed by atoms with E-state index in [1.807, 2.05) is 6.92 Å². The molecule has 3 heteroatoms. The maximum atomic E-state index is 6.12. The van der Waals surface area contributed by atoms with Crippen LogP contribution in [0.15, 0.2) is 60.7 Å². The van der Waals surface area contributed by atoms with Gasteiger partial charge in [0.15, 0.2) is 9.04 Å². The molecule has 20 heavy (non-hydrogen) atoms. The Morgan fingerprint density at radius 3 is 1.70 bits per heavy atom. The Labute approximate surface area is 123 Å². The van der Waals surface area contributed by atoms with Crippen molar-refractivity contribution in [2.75, 3.05) is 7.11 Å². The molecule has 0 N–H and O–H groups in total. The van der Waals surface area contributed by atoms with Gasteiger partial charge in [0, 0.05) is 7.11 Å². The smallest absolute Gasteiger partial charge is 0.189 e. The van der Waals surface area contributed by atoms with Gasteiger partial charge in [-0.1, -0.05) is 60.7 Å². The summed E-state index contributed by atoms with van der Waals surface area (Å²) < 4.78 is 11.4. The minimum atomic E-state index is -1.39. The number of rotatable bonds is 7. The average molecular weight is 286 g/mol. The summed E-state index contributed by atoms with van der Waals surface area (Å²) in [5, 5.41) is 0. The van der Waals surface area contributed by atoms with Crippen LogP contribution in [-0.2, 0) is 21.3 Å². The second kappa shape index (κ2) is 8.00. The summed E-state index contributed by atoms with van der Waals surface area (Å²) in [7, 11) is 0.308. The zero-order valence-electron chi connectivity index (χ0n) is 12.2. The molecule has 0 saturated heterocycles. The Bertz CT molecular complexity index is 445. The molecule has 0 amide bonds. The molecule has 0 saturated carbocycles. The van der Waals surface area contributed by atoms with Crippen LogP contribution in [0.1, 0.15) is 18.1 Å². The predicted octanol–water partition coefficient (Wildman–Crippen LogP) is 3.28. The molecule has 0 heterocycles. The summed E-state index contributed by atoms with van der Waals surface area (Å²) in [5.74, 6) is 0. The molecule has 106 valence electrons. The van der Waals surface area contributed by atoms with Crippen molar-refractivity contribution in [3.63, 3.8) is 0 Å². The standard InChI is InChI=1S/C17H22O2Si/c1-15(18-2)19-20(13-16-9-5-3-6-10-16)14-17-11-7-4-8-12-17/h3-12,15,20H,13-14H2,1-2H3. The highest BCUT2D eigenvalue weighted by molar-refractivity contribution is 6.50. The molecule has 0 aromatic heterocycles. The fourth-order valence-electron chi connectivity index (χ4n) is 2.25. The molecule has 1 atom stereocenters. The van der Waals surface area contributed by atoms with Crippen LogP contribution in [0.3, 0.4) is 0 Å². The van der Waals surface area contributed by atoms with Crippen LogP contribution in [-0.4, -0.2) is 22.4 Å². The van der Waals surface area contributed by atoms with Crippen molar-refractivity contribution in [3.8, 4) is 0 Å². The lowest BCUT2D eigenvalue weighted by molar-refractivity contribution is -0.0418. The molecule has 2 aromatic rings. The summed E-state index contributed by atoms with van der Waals surface area (Å²) in [6.45, 7) is 1.97. The molecule has 0 aliphatic heterocycles. The van der Waals surface area contributed by atoms with Gasteiger partial charge in [0.25, 0.3) is 0 Å². The Hall–Kier alpha value is -1.42. The topological polar surface area (TPSA) is 18.5 Å². The second-order valence-electron chi connectivity index (χ2n) is 4.94. The van der Waals surface area contributed by atoms with Gasteiger partial charge < -0.3 is 9.16 Å². The summed E-state index contributed by atoms with van der Waals surface area (Å²) in [6.07, 6.45) is -0.126. The maximum absolute atomic E-state index is 6.12. The van der Waals surface area contributed by atoms with E-state index in [1.165, 1.54) is 11.1 Å². The third-order valence-corrected chi connectivity index (χ3v) is 5.95. The van der Waals surface area contributed by atoms with Crippen molar-refractivity contribution in [1.29, 1.82) is 0 Å². The minimum Gasteiger partial charge on any atom is -0.395 e. The van der Waals surface area contributed by atoms with E-state index >= 15 is 0 Å². The molecule has 2 rings (SSSR count). The van der Waals surface area contributed by atoms with Crippen LogP contribution in [0.5, 0.6) is 0 Å². The van der Waals surface area contributed by atoms with Gasteiger partial charge in [-0.2, -0.15) is 0 Å². The van der Waals surface area contributed by atoms with Crippen molar-refractivity contribution in [3.05, 3.63) is 71.8 Å². The summed E-state index contributed by atoms with van der Waals surface area (Å²) in [6, 6.07) is 23.2. The highest BCUT2D eigenvalue weighted by atomic mass is 28.3.